The molecule has 4 heteroatoms. The smallest absolute Gasteiger partial charge is 0.190 e. The van der Waals surface area contributed by atoms with Crippen molar-refractivity contribution < 1.29 is 13.5 Å². The van der Waals surface area contributed by atoms with Crippen molar-refractivity contribution in [3.63, 3.8) is 0 Å². The summed E-state index contributed by atoms with van der Waals surface area (Å²) in [5, 5.41) is 3.48. The van der Waals surface area contributed by atoms with E-state index in [1.165, 1.54) is 36.1 Å². The maximum absolute atomic E-state index is 13.8. The molecule has 0 radical (unpaired) electrons. The Morgan fingerprint density at radius 2 is 1.91 bits per heavy atom. The molecule has 2 nitrogen and oxygen atoms in total. The van der Waals surface area contributed by atoms with E-state index < -0.39 is 11.6 Å². The number of methoxy groups -OCH3 is 1. The van der Waals surface area contributed by atoms with Gasteiger partial charge >= 0.3 is 0 Å². The minimum absolute atomic E-state index is 0.204. The van der Waals surface area contributed by atoms with Crippen LogP contribution in [-0.2, 0) is 6.42 Å². The van der Waals surface area contributed by atoms with Crippen molar-refractivity contribution >= 4 is 0 Å². The van der Waals surface area contributed by atoms with E-state index in [2.05, 4.69) is 25.2 Å². The SMILES string of the molecule is COc1c(F)cc(CC2=CCC3=C(C2)NCC3(C)C)cc1F. The molecule has 0 spiro atoms. The standard InChI is InChI=1S/C18H21F2NO/c1-18(2)10-21-16-9-11(4-5-13(16)18)6-12-7-14(19)17(22-3)15(20)8-12/h4,7-8,21H,5-6,9-10H2,1-3H3. The Hall–Kier alpha value is -1.84. The van der Waals surface area contributed by atoms with Crippen molar-refractivity contribution in [1.82, 2.24) is 5.32 Å². The first-order valence-corrected chi connectivity index (χ1v) is 7.57. The number of nitrogens with one attached hydrogen (secondary N) is 1. The molecule has 0 saturated carbocycles. The molecule has 1 aliphatic heterocycles. The second-order valence-electron chi connectivity index (χ2n) is 6.71. The Bertz CT molecular complexity index is 651. The van der Waals surface area contributed by atoms with Gasteiger partial charge in [0.15, 0.2) is 17.4 Å². The van der Waals surface area contributed by atoms with Gasteiger partial charge in [0.2, 0.25) is 0 Å². The number of rotatable bonds is 3. The molecule has 1 heterocycles. The molecule has 22 heavy (non-hydrogen) atoms. The van der Waals surface area contributed by atoms with Gasteiger partial charge in [-0.05, 0) is 36.1 Å². The number of halogens is 2. The number of allylic oxidation sites excluding steroid dienone is 2. The predicted molar refractivity (Wildman–Crippen MR) is 82.7 cm³/mol. The lowest BCUT2D eigenvalue weighted by molar-refractivity contribution is 0.359. The third-order valence-corrected chi connectivity index (χ3v) is 4.62. The molecule has 0 bridgehead atoms. The zero-order valence-electron chi connectivity index (χ0n) is 13.2. The summed E-state index contributed by atoms with van der Waals surface area (Å²) < 4.78 is 32.3. The maximum Gasteiger partial charge on any atom is 0.190 e. The van der Waals surface area contributed by atoms with Crippen molar-refractivity contribution in [2.45, 2.75) is 33.1 Å². The van der Waals surface area contributed by atoms with Crippen LogP contribution in [0.15, 0.2) is 35.1 Å². The highest BCUT2D eigenvalue weighted by Gasteiger charge is 2.33. The second-order valence-corrected chi connectivity index (χ2v) is 6.71. The summed E-state index contributed by atoms with van der Waals surface area (Å²) in [6.07, 6.45) is 4.53. The highest BCUT2D eigenvalue weighted by atomic mass is 19.1. The third-order valence-electron chi connectivity index (χ3n) is 4.62. The van der Waals surface area contributed by atoms with E-state index in [9.17, 15) is 8.78 Å². The summed E-state index contributed by atoms with van der Waals surface area (Å²) in [5.41, 5.74) is 4.80. The first-order valence-electron chi connectivity index (χ1n) is 7.57. The molecule has 1 N–H and O–H groups in total. The number of hydrogen-bond acceptors (Lipinski definition) is 2. The topological polar surface area (TPSA) is 21.3 Å². The van der Waals surface area contributed by atoms with Gasteiger partial charge in [-0.2, -0.15) is 0 Å². The molecule has 118 valence electrons. The second kappa shape index (κ2) is 5.41. The van der Waals surface area contributed by atoms with Gasteiger partial charge in [0.1, 0.15) is 0 Å². The molecular formula is C18H21F2NO. The lowest BCUT2D eigenvalue weighted by Gasteiger charge is -2.23. The number of hydrogen-bond donors (Lipinski definition) is 1. The summed E-state index contributed by atoms with van der Waals surface area (Å²) in [7, 11) is 1.27. The minimum Gasteiger partial charge on any atom is -0.491 e. The van der Waals surface area contributed by atoms with Gasteiger partial charge in [0.25, 0.3) is 0 Å². The molecule has 1 aromatic carbocycles. The summed E-state index contributed by atoms with van der Waals surface area (Å²) in [4.78, 5) is 0. The molecule has 0 amide bonds. The Kier molecular flexibility index (Phi) is 3.71. The maximum atomic E-state index is 13.8. The van der Waals surface area contributed by atoms with Crippen LogP contribution in [0.5, 0.6) is 5.75 Å². The van der Waals surface area contributed by atoms with E-state index in [0.29, 0.717) is 12.0 Å². The molecule has 0 fully saturated rings. The summed E-state index contributed by atoms with van der Waals surface area (Å²) in [6, 6.07) is 2.72. The van der Waals surface area contributed by atoms with Crippen LogP contribution in [0, 0.1) is 17.0 Å². The fraction of sp³-hybridized carbons (Fsp3) is 0.444. The molecule has 1 aromatic rings. The van der Waals surface area contributed by atoms with Gasteiger partial charge in [-0.25, -0.2) is 8.78 Å². The molecule has 0 unspecified atom stereocenters. The van der Waals surface area contributed by atoms with E-state index in [-0.39, 0.29) is 11.2 Å². The van der Waals surface area contributed by atoms with Crippen LogP contribution in [0.4, 0.5) is 8.78 Å². The third kappa shape index (κ3) is 2.62. The molecule has 0 aromatic heterocycles. The fourth-order valence-corrected chi connectivity index (χ4v) is 3.37. The van der Waals surface area contributed by atoms with Crippen molar-refractivity contribution in [2.75, 3.05) is 13.7 Å². The normalized spacial score (nSPS) is 19.6. The van der Waals surface area contributed by atoms with Crippen molar-refractivity contribution in [3.05, 3.63) is 52.2 Å². The monoisotopic (exact) mass is 305 g/mol. The van der Waals surface area contributed by atoms with Crippen molar-refractivity contribution in [3.8, 4) is 5.75 Å². The largest absolute Gasteiger partial charge is 0.491 e. The molecule has 2 aliphatic rings. The minimum atomic E-state index is -0.645. The van der Waals surface area contributed by atoms with Crippen LogP contribution in [0.2, 0.25) is 0 Å². The molecule has 0 atom stereocenters. The number of benzene rings is 1. The molecule has 0 saturated heterocycles. The van der Waals surface area contributed by atoms with E-state index in [1.807, 2.05) is 0 Å². The van der Waals surface area contributed by atoms with Gasteiger partial charge in [-0.15, -0.1) is 0 Å². The fourth-order valence-electron chi connectivity index (χ4n) is 3.37. The Morgan fingerprint density at radius 3 is 2.55 bits per heavy atom. The van der Waals surface area contributed by atoms with E-state index in [0.717, 1.165) is 19.4 Å². The van der Waals surface area contributed by atoms with Gasteiger partial charge in [0, 0.05) is 24.1 Å². The first kappa shape index (κ1) is 15.1. The summed E-state index contributed by atoms with van der Waals surface area (Å²) in [5.74, 6) is -1.60. The van der Waals surface area contributed by atoms with E-state index in [1.54, 1.807) is 0 Å². The highest BCUT2D eigenvalue weighted by molar-refractivity contribution is 5.39. The zero-order valence-corrected chi connectivity index (χ0v) is 13.2. The van der Waals surface area contributed by atoms with E-state index in [4.69, 9.17) is 4.74 Å². The quantitative estimate of drug-likeness (QED) is 0.848. The highest BCUT2D eigenvalue weighted by Crippen LogP contribution is 2.40. The van der Waals surface area contributed by atoms with Crippen molar-refractivity contribution in [1.29, 1.82) is 0 Å². The summed E-state index contributed by atoms with van der Waals surface area (Å²) in [6.45, 7) is 5.45. The summed E-state index contributed by atoms with van der Waals surface area (Å²) >= 11 is 0. The van der Waals surface area contributed by atoms with Crippen LogP contribution in [0.3, 0.4) is 0 Å². The van der Waals surface area contributed by atoms with Crippen molar-refractivity contribution in [2.24, 2.45) is 5.41 Å². The van der Waals surface area contributed by atoms with Crippen LogP contribution in [0.1, 0.15) is 32.3 Å². The molecule has 3 rings (SSSR count). The zero-order chi connectivity index (χ0) is 15.9. The van der Waals surface area contributed by atoms with Crippen LogP contribution < -0.4 is 10.1 Å². The first-order chi connectivity index (χ1) is 10.4. The average molecular weight is 305 g/mol. The average Bonchev–Trinajstić information content (AvgIpc) is 2.74. The number of ether oxygens (including phenoxy) is 1. The lowest BCUT2D eigenvalue weighted by atomic mass is 9.80. The lowest BCUT2D eigenvalue weighted by Crippen LogP contribution is -2.19. The Morgan fingerprint density at radius 1 is 1.23 bits per heavy atom. The predicted octanol–water partition coefficient (Wildman–Crippen LogP) is 4.12. The van der Waals surface area contributed by atoms with E-state index >= 15 is 0 Å². The van der Waals surface area contributed by atoms with Gasteiger partial charge < -0.3 is 10.1 Å². The van der Waals surface area contributed by atoms with Crippen LogP contribution in [0.25, 0.3) is 0 Å². The van der Waals surface area contributed by atoms with Gasteiger partial charge in [-0.1, -0.05) is 25.5 Å². The Labute approximate surface area is 129 Å². The van der Waals surface area contributed by atoms with Gasteiger partial charge in [0.05, 0.1) is 7.11 Å². The Balaban J connectivity index is 1.76. The van der Waals surface area contributed by atoms with Crippen LogP contribution >= 0.6 is 0 Å². The van der Waals surface area contributed by atoms with Crippen LogP contribution in [-0.4, -0.2) is 13.7 Å². The molecule has 1 aliphatic carbocycles. The van der Waals surface area contributed by atoms with Gasteiger partial charge in [-0.3, -0.25) is 0 Å². The molecular weight excluding hydrogens is 284 g/mol.